The fourth-order valence-electron chi connectivity index (χ4n) is 2.37. The van der Waals surface area contributed by atoms with E-state index in [-0.39, 0.29) is 18.0 Å². The molecule has 0 aliphatic heterocycles. The Hall–Kier alpha value is -1.65. The Balaban J connectivity index is 1.84. The molecule has 3 nitrogen and oxygen atoms in total. The van der Waals surface area contributed by atoms with Gasteiger partial charge in [0.05, 0.1) is 0 Å². The van der Waals surface area contributed by atoms with Crippen molar-refractivity contribution in [2.75, 3.05) is 5.32 Å². The average molecular weight is 361 g/mol. The predicted octanol–water partition coefficient (Wildman–Crippen LogP) is 4.52. The zero-order valence-corrected chi connectivity index (χ0v) is 14.4. The highest BCUT2D eigenvalue weighted by molar-refractivity contribution is 9.10. The number of nitrogens with one attached hydrogen (secondary N) is 2. The normalized spacial score (nSPS) is 13.4. The van der Waals surface area contributed by atoms with E-state index in [4.69, 9.17) is 0 Å². The molecule has 0 fully saturated rings. The summed E-state index contributed by atoms with van der Waals surface area (Å²) in [5, 5.41) is 6.37. The molecule has 0 saturated heterocycles. The molecule has 2 N–H and O–H groups in total. The van der Waals surface area contributed by atoms with Gasteiger partial charge in [-0.15, -0.1) is 0 Å². The van der Waals surface area contributed by atoms with Gasteiger partial charge in [0.2, 0.25) is 5.91 Å². The Labute approximate surface area is 140 Å². The van der Waals surface area contributed by atoms with Crippen molar-refractivity contribution in [3.8, 4) is 0 Å². The summed E-state index contributed by atoms with van der Waals surface area (Å²) in [5.41, 5.74) is 2.03. The lowest BCUT2D eigenvalue weighted by Gasteiger charge is -2.20. The van der Waals surface area contributed by atoms with E-state index in [0.717, 1.165) is 10.2 Å². The molecule has 2 aromatic rings. The molecule has 0 unspecified atom stereocenters. The first-order chi connectivity index (χ1) is 10.5. The summed E-state index contributed by atoms with van der Waals surface area (Å²) >= 11 is 3.48. The van der Waals surface area contributed by atoms with E-state index in [0.29, 0.717) is 6.42 Å². The first kappa shape index (κ1) is 16.7. The van der Waals surface area contributed by atoms with Gasteiger partial charge in [0.15, 0.2) is 0 Å². The summed E-state index contributed by atoms with van der Waals surface area (Å²) in [5.74, 6) is 0.0210. The van der Waals surface area contributed by atoms with Gasteiger partial charge >= 0.3 is 0 Å². The molecule has 1 amide bonds. The third-order valence-electron chi connectivity index (χ3n) is 3.43. The van der Waals surface area contributed by atoms with Crippen LogP contribution in [0.5, 0.6) is 0 Å². The summed E-state index contributed by atoms with van der Waals surface area (Å²) < 4.78 is 1.06. The summed E-state index contributed by atoms with van der Waals surface area (Å²) in [6.07, 6.45) is 0.438. The molecule has 22 heavy (non-hydrogen) atoms. The highest BCUT2D eigenvalue weighted by Gasteiger charge is 2.13. The van der Waals surface area contributed by atoms with Crippen molar-refractivity contribution >= 4 is 27.5 Å². The van der Waals surface area contributed by atoms with Gasteiger partial charge < -0.3 is 10.6 Å². The average Bonchev–Trinajstić information content (AvgIpc) is 2.47. The summed E-state index contributed by atoms with van der Waals surface area (Å²) in [6.45, 7) is 4.13. The van der Waals surface area contributed by atoms with Crippen LogP contribution in [0.4, 0.5) is 5.69 Å². The van der Waals surface area contributed by atoms with E-state index in [1.807, 2.05) is 49.4 Å². The molecule has 0 aromatic heterocycles. The van der Waals surface area contributed by atoms with Crippen LogP contribution in [0.3, 0.4) is 0 Å². The molecule has 0 aliphatic carbocycles. The molecular formula is C18H21BrN2O. The molecule has 4 heteroatoms. The molecule has 0 aliphatic rings. The highest BCUT2D eigenvalue weighted by Crippen LogP contribution is 2.18. The van der Waals surface area contributed by atoms with Crippen molar-refractivity contribution in [1.29, 1.82) is 0 Å². The lowest BCUT2D eigenvalue weighted by atomic mass is 10.1. The number of anilines is 1. The van der Waals surface area contributed by atoms with Crippen molar-refractivity contribution in [2.45, 2.75) is 32.4 Å². The molecule has 0 spiro atoms. The van der Waals surface area contributed by atoms with Crippen LogP contribution in [0.1, 0.15) is 31.9 Å². The lowest BCUT2D eigenvalue weighted by molar-refractivity contribution is -0.116. The smallest absolute Gasteiger partial charge is 0.225 e. The van der Waals surface area contributed by atoms with Gasteiger partial charge in [0, 0.05) is 28.7 Å². The summed E-state index contributed by atoms with van der Waals surface area (Å²) in [7, 11) is 0. The Kier molecular flexibility index (Phi) is 6.16. The molecular weight excluding hydrogens is 340 g/mol. The van der Waals surface area contributed by atoms with Crippen LogP contribution in [0.15, 0.2) is 59.1 Å². The predicted molar refractivity (Wildman–Crippen MR) is 94.8 cm³/mol. The number of rotatable bonds is 6. The van der Waals surface area contributed by atoms with Gasteiger partial charge in [0.1, 0.15) is 0 Å². The number of benzene rings is 2. The topological polar surface area (TPSA) is 41.1 Å². The number of amides is 1. The minimum Gasteiger partial charge on any atom is -0.326 e. The largest absolute Gasteiger partial charge is 0.326 e. The highest BCUT2D eigenvalue weighted by atomic mass is 79.9. The number of halogens is 1. The minimum absolute atomic E-state index is 0.0210. The third-order valence-corrected chi connectivity index (χ3v) is 3.93. The second-order valence-electron chi connectivity index (χ2n) is 5.46. The fourth-order valence-corrected chi connectivity index (χ4v) is 2.79. The van der Waals surface area contributed by atoms with Gasteiger partial charge in [-0.3, -0.25) is 4.79 Å². The molecule has 2 aromatic carbocycles. The SMILES string of the molecule is C[C@H](CC(=O)Nc1ccccc1)N[C@@H](C)c1cccc(Br)c1. The van der Waals surface area contributed by atoms with E-state index in [1.54, 1.807) is 0 Å². The Morgan fingerprint density at radius 3 is 2.50 bits per heavy atom. The fraction of sp³-hybridized carbons (Fsp3) is 0.278. The number of carbonyl (C=O) groups is 1. The van der Waals surface area contributed by atoms with Crippen molar-refractivity contribution in [1.82, 2.24) is 5.32 Å². The lowest BCUT2D eigenvalue weighted by Crippen LogP contribution is -2.32. The molecule has 0 radical (unpaired) electrons. The van der Waals surface area contributed by atoms with Crippen LogP contribution >= 0.6 is 15.9 Å². The van der Waals surface area contributed by atoms with Gasteiger partial charge in [-0.05, 0) is 43.7 Å². The van der Waals surface area contributed by atoms with Gasteiger partial charge in [-0.25, -0.2) is 0 Å². The van der Waals surface area contributed by atoms with Crippen molar-refractivity contribution in [3.05, 3.63) is 64.6 Å². The number of carbonyl (C=O) groups excluding carboxylic acids is 1. The second-order valence-corrected chi connectivity index (χ2v) is 6.38. The van der Waals surface area contributed by atoms with Crippen LogP contribution in [-0.4, -0.2) is 11.9 Å². The number of hydrogen-bond acceptors (Lipinski definition) is 2. The van der Waals surface area contributed by atoms with E-state index in [9.17, 15) is 4.79 Å². The monoisotopic (exact) mass is 360 g/mol. The second kappa shape index (κ2) is 8.11. The zero-order valence-electron chi connectivity index (χ0n) is 12.8. The first-order valence-corrected chi connectivity index (χ1v) is 8.20. The molecule has 0 heterocycles. The molecule has 2 rings (SSSR count). The minimum atomic E-state index is 0.0210. The van der Waals surface area contributed by atoms with E-state index in [2.05, 4.69) is 45.6 Å². The molecule has 0 saturated carbocycles. The van der Waals surface area contributed by atoms with Gasteiger partial charge in [-0.1, -0.05) is 46.3 Å². The maximum Gasteiger partial charge on any atom is 0.225 e. The standard InChI is InChI=1S/C18H21BrN2O/c1-13(11-18(22)21-17-9-4-3-5-10-17)20-14(2)15-7-6-8-16(19)12-15/h3-10,12-14,20H,11H2,1-2H3,(H,21,22)/t13-,14+/m1/s1. The van der Waals surface area contributed by atoms with Gasteiger partial charge in [-0.2, -0.15) is 0 Å². The van der Waals surface area contributed by atoms with Crippen LogP contribution in [-0.2, 0) is 4.79 Å². The first-order valence-electron chi connectivity index (χ1n) is 7.41. The number of hydrogen-bond donors (Lipinski definition) is 2. The molecule has 2 atom stereocenters. The Morgan fingerprint density at radius 1 is 1.09 bits per heavy atom. The van der Waals surface area contributed by atoms with Crippen LogP contribution in [0.2, 0.25) is 0 Å². The van der Waals surface area contributed by atoms with Crippen molar-refractivity contribution in [2.24, 2.45) is 0 Å². The van der Waals surface area contributed by atoms with Gasteiger partial charge in [0.25, 0.3) is 0 Å². The maximum atomic E-state index is 12.0. The third kappa shape index (κ3) is 5.28. The van der Waals surface area contributed by atoms with Crippen LogP contribution < -0.4 is 10.6 Å². The van der Waals surface area contributed by atoms with E-state index in [1.165, 1.54) is 5.56 Å². The van der Waals surface area contributed by atoms with Crippen molar-refractivity contribution < 1.29 is 4.79 Å². The summed E-state index contributed by atoms with van der Waals surface area (Å²) in [6, 6.07) is 18.0. The Morgan fingerprint density at radius 2 is 1.82 bits per heavy atom. The van der Waals surface area contributed by atoms with Crippen LogP contribution in [0.25, 0.3) is 0 Å². The molecule has 116 valence electrons. The Bertz CT molecular complexity index is 615. The number of para-hydroxylation sites is 1. The van der Waals surface area contributed by atoms with Crippen LogP contribution in [0, 0.1) is 0 Å². The zero-order chi connectivity index (χ0) is 15.9. The maximum absolute atomic E-state index is 12.0. The quantitative estimate of drug-likeness (QED) is 0.795. The molecule has 0 bridgehead atoms. The summed E-state index contributed by atoms with van der Waals surface area (Å²) in [4.78, 5) is 12.0. The van der Waals surface area contributed by atoms with Crippen molar-refractivity contribution in [3.63, 3.8) is 0 Å². The van der Waals surface area contributed by atoms with E-state index < -0.39 is 0 Å². The van der Waals surface area contributed by atoms with E-state index >= 15 is 0 Å².